The Bertz CT molecular complexity index is 1150. The van der Waals surface area contributed by atoms with E-state index in [-0.39, 0.29) is 6.04 Å². The Morgan fingerprint density at radius 2 is 2.10 bits per heavy atom. The van der Waals surface area contributed by atoms with Crippen LogP contribution in [0.2, 0.25) is 0 Å². The number of hydrogen-bond donors (Lipinski definition) is 1. The molecule has 1 fully saturated rings. The first kappa shape index (κ1) is 17.9. The van der Waals surface area contributed by atoms with Crippen LogP contribution in [0.4, 0.5) is 5.82 Å². The fourth-order valence-electron chi connectivity index (χ4n) is 4.12. The fraction of sp³-hybridized carbons (Fsp3) is 0.400. The van der Waals surface area contributed by atoms with Gasteiger partial charge in [0, 0.05) is 25.4 Å². The highest BCUT2D eigenvalue weighted by molar-refractivity contribution is 5.84. The molecular weight excluding hydrogens is 368 g/mol. The summed E-state index contributed by atoms with van der Waals surface area (Å²) in [6, 6.07) is 6.35. The second kappa shape index (κ2) is 6.70. The summed E-state index contributed by atoms with van der Waals surface area (Å²) in [5, 5.41) is 13.5. The normalized spacial score (nSPS) is 17.4. The molecule has 5 rings (SSSR count). The summed E-state index contributed by atoms with van der Waals surface area (Å²) in [6.07, 6.45) is 1.90. The lowest BCUT2D eigenvalue weighted by Crippen LogP contribution is -2.44. The van der Waals surface area contributed by atoms with Crippen LogP contribution in [0, 0.1) is 13.8 Å². The third-order valence-electron chi connectivity index (χ3n) is 5.51. The lowest BCUT2D eigenvalue weighted by molar-refractivity contribution is 0.0984. The molecule has 1 aliphatic heterocycles. The van der Waals surface area contributed by atoms with Gasteiger partial charge in [-0.05, 0) is 39.0 Å². The monoisotopic (exact) mass is 392 g/mol. The molecule has 9 nitrogen and oxygen atoms in total. The van der Waals surface area contributed by atoms with Crippen LogP contribution >= 0.6 is 0 Å². The highest BCUT2D eigenvalue weighted by Crippen LogP contribution is 2.34. The van der Waals surface area contributed by atoms with Crippen LogP contribution in [0.25, 0.3) is 28.3 Å². The van der Waals surface area contributed by atoms with Gasteiger partial charge in [0.2, 0.25) is 0 Å². The minimum absolute atomic E-state index is 0.242. The van der Waals surface area contributed by atoms with Gasteiger partial charge in [0.1, 0.15) is 0 Å². The molecule has 9 heteroatoms. The van der Waals surface area contributed by atoms with Gasteiger partial charge in [0.25, 0.3) is 0 Å². The van der Waals surface area contributed by atoms with Crippen molar-refractivity contribution < 1.29 is 4.74 Å². The highest BCUT2D eigenvalue weighted by atomic mass is 16.5. The Hall–Kier alpha value is -3.20. The van der Waals surface area contributed by atoms with E-state index in [4.69, 9.17) is 14.8 Å². The van der Waals surface area contributed by atoms with E-state index in [1.807, 2.05) is 48.4 Å². The van der Waals surface area contributed by atoms with E-state index < -0.39 is 0 Å². The van der Waals surface area contributed by atoms with Crippen molar-refractivity contribution in [3.05, 3.63) is 35.8 Å². The molecule has 0 aromatic carbocycles. The quantitative estimate of drug-likeness (QED) is 0.576. The Morgan fingerprint density at radius 3 is 2.79 bits per heavy atom. The summed E-state index contributed by atoms with van der Waals surface area (Å²) in [6.45, 7) is 8.34. The molecule has 0 unspecified atom stereocenters. The minimum atomic E-state index is 0.242. The van der Waals surface area contributed by atoms with Crippen LogP contribution in [-0.2, 0) is 11.8 Å². The van der Waals surface area contributed by atoms with E-state index in [9.17, 15) is 0 Å². The number of rotatable bonds is 3. The number of hydrogen-bond acceptors (Lipinski definition) is 6. The molecule has 5 heterocycles. The zero-order chi connectivity index (χ0) is 20.1. The summed E-state index contributed by atoms with van der Waals surface area (Å²) in [5.74, 6) is 1.69. The predicted molar refractivity (Wildman–Crippen MR) is 110 cm³/mol. The molecule has 1 saturated heterocycles. The number of ether oxygens (including phenoxy) is 1. The van der Waals surface area contributed by atoms with Crippen molar-refractivity contribution in [2.24, 2.45) is 7.05 Å². The van der Waals surface area contributed by atoms with Gasteiger partial charge in [-0.2, -0.15) is 0 Å². The average molecular weight is 392 g/mol. The number of aromatic amines is 1. The molecule has 4 aromatic heterocycles. The molecule has 0 amide bonds. The molecule has 0 spiro atoms. The number of morpholine rings is 1. The van der Waals surface area contributed by atoms with E-state index in [0.717, 1.165) is 52.0 Å². The van der Waals surface area contributed by atoms with Gasteiger partial charge in [0.05, 0.1) is 47.5 Å². The molecule has 29 heavy (non-hydrogen) atoms. The number of fused-ring (bicyclic) bond motifs is 1. The average Bonchev–Trinajstić information content (AvgIpc) is 3.42. The molecule has 1 atom stereocenters. The topological polar surface area (TPSA) is 89.2 Å². The second-order valence-electron chi connectivity index (χ2n) is 7.55. The van der Waals surface area contributed by atoms with Gasteiger partial charge in [-0.25, -0.2) is 14.2 Å². The van der Waals surface area contributed by atoms with Crippen LogP contribution in [0.15, 0.2) is 24.4 Å². The van der Waals surface area contributed by atoms with Gasteiger partial charge in [-0.1, -0.05) is 5.21 Å². The van der Waals surface area contributed by atoms with Gasteiger partial charge in [-0.3, -0.25) is 0 Å². The highest BCUT2D eigenvalue weighted by Gasteiger charge is 2.26. The molecule has 1 N–H and O–H groups in total. The largest absolute Gasteiger partial charge is 0.377 e. The number of anilines is 1. The molecule has 150 valence electrons. The summed E-state index contributed by atoms with van der Waals surface area (Å²) >= 11 is 0. The molecule has 4 aromatic rings. The first-order valence-electron chi connectivity index (χ1n) is 9.79. The molecule has 0 bridgehead atoms. The third-order valence-corrected chi connectivity index (χ3v) is 5.51. The summed E-state index contributed by atoms with van der Waals surface area (Å²) in [4.78, 5) is 10.4. The lowest BCUT2D eigenvalue weighted by atomic mass is 10.1. The molecule has 1 aliphatic rings. The summed E-state index contributed by atoms with van der Waals surface area (Å²) in [7, 11) is 1.92. The van der Waals surface area contributed by atoms with Crippen LogP contribution < -0.4 is 4.90 Å². The van der Waals surface area contributed by atoms with Crippen molar-refractivity contribution in [2.75, 3.05) is 24.7 Å². The maximum Gasteiger partial charge on any atom is 0.178 e. The second-order valence-corrected chi connectivity index (χ2v) is 7.55. The lowest BCUT2D eigenvalue weighted by Gasteiger charge is -2.34. The fourth-order valence-corrected chi connectivity index (χ4v) is 4.12. The Labute approximate surface area is 168 Å². The van der Waals surface area contributed by atoms with Gasteiger partial charge in [-0.15, -0.1) is 10.2 Å². The van der Waals surface area contributed by atoms with Crippen molar-refractivity contribution in [3.8, 4) is 22.8 Å². The van der Waals surface area contributed by atoms with Crippen molar-refractivity contribution in [2.45, 2.75) is 26.8 Å². The van der Waals surface area contributed by atoms with Crippen molar-refractivity contribution in [1.29, 1.82) is 0 Å². The van der Waals surface area contributed by atoms with Crippen molar-refractivity contribution >= 4 is 11.3 Å². The zero-order valence-electron chi connectivity index (χ0n) is 17.0. The van der Waals surface area contributed by atoms with E-state index in [1.165, 1.54) is 0 Å². The number of nitrogens with one attached hydrogen (secondary N) is 1. The maximum absolute atomic E-state index is 5.63. The third kappa shape index (κ3) is 2.80. The standard InChI is InChI=1S/C20H24N8O/c1-12-11-29-9-8-27(12)17-10-15(18-14(3)23-25-26(18)4)19-13(2)22-20(28(19)24-17)16-6-5-7-21-16/h5-7,10,12,21H,8-9,11H2,1-4H3/t12-/m1/s1. The van der Waals surface area contributed by atoms with E-state index in [1.54, 1.807) is 0 Å². The van der Waals surface area contributed by atoms with Crippen LogP contribution in [-0.4, -0.2) is 60.4 Å². The van der Waals surface area contributed by atoms with Crippen LogP contribution in [0.5, 0.6) is 0 Å². The smallest absolute Gasteiger partial charge is 0.178 e. The van der Waals surface area contributed by atoms with Crippen molar-refractivity contribution in [3.63, 3.8) is 0 Å². The first-order valence-corrected chi connectivity index (χ1v) is 9.79. The van der Waals surface area contributed by atoms with Gasteiger partial charge >= 0.3 is 0 Å². The summed E-state index contributed by atoms with van der Waals surface area (Å²) < 4.78 is 9.39. The zero-order valence-corrected chi connectivity index (χ0v) is 17.0. The SMILES string of the molecule is Cc1nnn(C)c1-c1cc(N2CCOC[C@H]2C)nn2c(-c3ccc[nH]3)nc(C)c12. The van der Waals surface area contributed by atoms with E-state index in [0.29, 0.717) is 13.2 Å². The Balaban J connectivity index is 1.82. The van der Waals surface area contributed by atoms with Gasteiger partial charge in [0.15, 0.2) is 11.6 Å². The molecule has 0 aliphatic carbocycles. The first-order chi connectivity index (χ1) is 14.0. The summed E-state index contributed by atoms with van der Waals surface area (Å²) in [5.41, 5.74) is 5.69. The van der Waals surface area contributed by atoms with Gasteiger partial charge < -0.3 is 14.6 Å². The van der Waals surface area contributed by atoms with E-state index in [2.05, 4.69) is 33.2 Å². The van der Waals surface area contributed by atoms with E-state index >= 15 is 0 Å². The molecule has 0 radical (unpaired) electrons. The Morgan fingerprint density at radius 1 is 1.24 bits per heavy atom. The molecular formula is C20H24N8O. The number of nitrogens with zero attached hydrogens (tertiary/aromatic N) is 7. The number of imidazole rings is 1. The number of aryl methyl sites for hydroxylation is 3. The number of aromatic nitrogens is 7. The van der Waals surface area contributed by atoms with Crippen LogP contribution in [0.3, 0.4) is 0 Å². The predicted octanol–water partition coefficient (Wildman–Crippen LogP) is 2.36. The number of H-pyrrole nitrogens is 1. The van der Waals surface area contributed by atoms with Crippen LogP contribution in [0.1, 0.15) is 18.3 Å². The molecule has 0 saturated carbocycles. The maximum atomic E-state index is 5.63. The minimum Gasteiger partial charge on any atom is -0.377 e. The Kier molecular flexibility index (Phi) is 4.13. The van der Waals surface area contributed by atoms with Crippen molar-refractivity contribution in [1.82, 2.24) is 34.6 Å².